The molecule has 1 heterocycles. The number of hydrogen-bond acceptors (Lipinski definition) is 3. The summed E-state index contributed by atoms with van der Waals surface area (Å²) in [4.78, 5) is 11.7. The van der Waals surface area contributed by atoms with Crippen LogP contribution >= 0.6 is 0 Å². The van der Waals surface area contributed by atoms with Gasteiger partial charge in [0.25, 0.3) is 0 Å². The van der Waals surface area contributed by atoms with Crippen molar-refractivity contribution in [2.24, 2.45) is 0 Å². The molecule has 124 valence electrons. The van der Waals surface area contributed by atoms with Gasteiger partial charge in [0, 0.05) is 17.0 Å². The maximum Gasteiger partial charge on any atom is 0.419 e. The van der Waals surface area contributed by atoms with Crippen LogP contribution in [0.2, 0.25) is 0 Å². The SMILES string of the molecule is COc1ccc2oc(=O)cc(-c3ccc(C(F)(F)F)c(F)c3)c2c1. The molecule has 0 atom stereocenters. The van der Waals surface area contributed by atoms with E-state index in [0.717, 1.165) is 18.2 Å². The Morgan fingerprint density at radius 1 is 1.04 bits per heavy atom. The first-order chi connectivity index (χ1) is 11.3. The first kappa shape index (κ1) is 16.0. The van der Waals surface area contributed by atoms with Gasteiger partial charge in [0.15, 0.2) is 0 Å². The normalized spacial score (nSPS) is 11.7. The third-order valence-electron chi connectivity index (χ3n) is 3.54. The lowest BCUT2D eigenvalue weighted by Gasteiger charge is -2.11. The topological polar surface area (TPSA) is 39.4 Å². The molecule has 0 bridgehead atoms. The summed E-state index contributed by atoms with van der Waals surface area (Å²) in [6.45, 7) is 0. The lowest BCUT2D eigenvalue weighted by atomic mass is 10.00. The second-order valence-corrected chi connectivity index (χ2v) is 5.03. The first-order valence-corrected chi connectivity index (χ1v) is 6.78. The molecule has 0 saturated heterocycles. The number of alkyl halides is 3. The molecule has 0 N–H and O–H groups in total. The summed E-state index contributed by atoms with van der Waals surface area (Å²) in [5.41, 5.74) is -1.45. The maximum atomic E-state index is 13.8. The van der Waals surface area contributed by atoms with Crippen LogP contribution in [0.15, 0.2) is 51.7 Å². The zero-order chi connectivity index (χ0) is 17.5. The van der Waals surface area contributed by atoms with E-state index in [1.165, 1.54) is 13.2 Å². The highest BCUT2D eigenvalue weighted by Crippen LogP contribution is 2.35. The van der Waals surface area contributed by atoms with Gasteiger partial charge in [0.1, 0.15) is 17.1 Å². The van der Waals surface area contributed by atoms with Gasteiger partial charge in [0.2, 0.25) is 0 Å². The lowest BCUT2D eigenvalue weighted by molar-refractivity contribution is -0.139. The van der Waals surface area contributed by atoms with E-state index in [4.69, 9.17) is 9.15 Å². The quantitative estimate of drug-likeness (QED) is 0.505. The summed E-state index contributed by atoms with van der Waals surface area (Å²) in [5, 5.41) is 0.424. The second-order valence-electron chi connectivity index (χ2n) is 5.03. The molecule has 0 aliphatic rings. The molecule has 1 aromatic heterocycles. The minimum Gasteiger partial charge on any atom is -0.497 e. The Morgan fingerprint density at radius 3 is 2.42 bits per heavy atom. The van der Waals surface area contributed by atoms with Crippen LogP contribution in [0.5, 0.6) is 5.75 Å². The Morgan fingerprint density at radius 2 is 1.79 bits per heavy atom. The van der Waals surface area contributed by atoms with Gasteiger partial charge in [-0.2, -0.15) is 13.2 Å². The summed E-state index contributed by atoms with van der Waals surface area (Å²) >= 11 is 0. The second kappa shape index (κ2) is 5.67. The number of hydrogen-bond donors (Lipinski definition) is 0. The molecule has 3 aromatic rings. The van der Waals surface area contributed by atoms with Gasteiger partial charge in [-0.25, -0.2) is 9.18 Å². The van der Waals surface area contributed by atoms with Crippen molar-refractivity contribution < 1.29 is 26.7 Å². The predicted octanol–water partition coefficient (Wildman–Crippen LogP) is 4.63. The molecule has 3 nitrogen and oxygen atoms in total. The van der Waals surface area contributed by atoms with Crippen LogP contribution in [0.4, 0.5) is 17.6 Å². The number of benzene rings is 2. The van der Waals surface area contributed by atoms with E-state index in [1.54, 1.807) is 12.1 Å². The fraction of sp³-hybridized carbons (Fsp3) is 0.118. The smallest absolute Gasteiger partial charge is 0.419 e. The standard InChI is InChI=1S/C17H10F4O3/c1-23-10-3-5-15-12(7-10)11(8-16(22)24-15)9-2-4-13(14(18)6-9)17(19,20)21/h2-8H,1H3. The Balaban J connectivity index is 2.26. The number of methoxy groups -OCH3 is 1. The Bertz CT molecular complexity index is 974. The van der Waals surface area contributed by atoms with Gasteiger partial charge in [-0.15, -0.1) is 0 Å². The molecule has 24 heavy (non-hydrogen) atoms. The van der Waals surface area contributed by atoms with Crippen LogP contribution < -0.4 is 10.4 Å². The fourth-order valence-corrected chi connectivity index (χ4v) is 2.42. The molecule has 0 aliphatic carbocycles. The highest BCUT2D eigenvalue weighted by Gasteiger charge is 2.34. The zero-order valence-electron chi connectivity index (χ0n) is 12.3. The summed E-state index contributed by atoms with van der Waals surface area (Å²) < 4.78 is 62.0. The van der Waals surface area contributed by atoms with Crippen molar-refractivity contribution in [1.82, 2.24) is 0 Å². The predicted molar refractivity (Wildman–Crippen MR) is 79.4 cm³/mol. The average molecular weight is 338 g/mol. The molecule has 0 amide bonds. The maximum absolute atomic E-state index is 13.8. The molecule has 0 aliphatic heterocycles. The average Bonchev–Trinajstić information content (AvgIpc) is 2.52. The molecule has 0 saturated carbocycles. The lowest BCUT2D eigenvalue weighted by Crippen LogP contribution is -2.08. The van der Waals surface area contributed by atoms with Crippen LogP contribution in [0.25, 0.3) is 22.1 Å². The Labute approximate surface area is 133 Å². The van der Waals surface area contributed by atoms with Gasteiger partial charge in [0.05, 0.1) is 12.7 Å². The zero-order valence-corrected chi connectivity index (χ0v) is 12.3. The Kier molecular flexibility index (Phi) is 3.79. The van der Waals surface area contributed by atoms with Crippen molar-refractivity contribution in [2.75, 3.05) is 7.11 Å². The minimum absolute atomic E-state index is 0.131. The van der Waals surface area contributed by atoms with Gasteiger partial charge in [-0.05, 0) is 35.9 Å². The summed E-state index contributed by atoms with van der Waals surface area (Å²) in [5.74, 6) is -0.950. The fourth-order valence-electron chi connectivity index (χ4n) is 2.42. The van der Waals surface area contributed by atoms with Crippen molar-refractivity contribution in [1.29, 1.82) is 0 Å². The van der Waals surface area contributed by atoms with E-state index in [9.17, 15) is 22.4 Å². The van der Waals surface area contributed by atoms with Crippen molar-refractivity contribution >= 4 is 11.0 Å². The molecule has 3 rings (SSSR count). The minimum atomic E-state index is -4.79. The van der Waals surface area contributed by atoms with E-state index in [-0.39, 0.29) is 16.7 Å². The third-order valence-corrected chi connectivity index (χ3v) is 3.54. The monoisotopic (exact) mass is 338 g/mol. The largest absolute Gasteiger partial charge is 0.497 e. The highest BCUT2D eigenvalue weighted by molar-refractivity contribution is 5.94. The van der Waals surface area contributed by atoms with E-state index in [1.807, 2.05) is 0 Å². The molecule has 7 heteroatoms. The highest BCUT2D eigenvalue weighted by atomic mass is 19.4. The van der Waals surface area contributed by atoms with Crippen LogP contribution in [0.1, 0.15) is 5.56 Å². The third kappa shape index (κ3) is 2.84. The van der Waals surface area contributed by atoms with Crippen molar-refractivity contribution in [3.63, 3.8) is 0 Å². The van der Waals surface area contributed by atoms with Gasteiger partial charge in [-0.1, -0.05) is 6.07 Å². The van der Waals surface area contributed by atoms with Gasteiger partial charge in [-0.3, -0.25) is 0 Å². The molecule has 0 spiro atoms. The number of rotatable bonds is 2. The molecule has 0 unspecified atom stereocenters. The van der Waals surface area contributed by atoms with Gasteiger partial charge >= 0.3 is 11.8 Å². The van der Waals surface area contributed by atoms with Crippen LogP contribution in [-0.2, 0) is 6.18 Å². The van der Waals surface area contributed by atoms with E-state index >= 15 is 0 Å². The molecular weight excluding hydrogens is 328 g/mol. The summed E-state index contributed by atoms with van der Waals surface area (Å²) in [6.07, 6.45) is -4.79. The summed E-state index contributed by atoms with van der Waals surface area (Å²) in [6, 6.07) is 8.23. The molecule has 0 radical (unpaired) electrons. The van der Waals surface area contributed by atoms with E-state index in [2.05, 4.69) is 0 Å². The van der Waals surface area contributed by atoms with Crippen molar-refractivity contribution in [2.45, 2.75) is 6.18 Å². The number of ether oxygens (including phenoxy) is 1. The van der Waals surface area contributed by atoms with Gasteiger partial charge < -0.3 is 9.15 Å². The van der Waals surface area contributed by atoms with Crippen molar-refractivity contribution in [3.05, 3.63) is 64.3 Å². The van der Waals surface area contributed by atoms with Crippen LogP contribution in [0.3, 0.4) is 0 Å². The van der Waals surface area contributed by atoms with E-state index < -0.39 is 23.2 Å². The number of halogens is 4. The first-order valence-electron chi connectivity index (χ1n) is 6.78. The summed E-state index contributed by atoms with van der Waals surface area (Å²) in [7, 11) is 1.44. The van der Waals surface area contributed by atoms with Crippen molar-refractivity contribution in [3.8, 4) is 16.9 Å². The molecule has 2 aromatic carbocycles. The molecular formula is C17H10F4O3. The number of fused-ring (bicyclic) bond motifs is 1. The molecule has 0 fully saturated rings. The van der Waals surface area contributed by atoms with Crippen LogP contribution in [-0.4, -0.2) is 7.11 Å². The Hall–Kier alpha value is -2.83. The van der Waals surface area contributed by atoms with E-state index in [0.29, 0.717) is 17.2 Å². The van der Waals surface area contributed by atoms with Crippen LogP contribution in [0, 0.1) is 5.82 Å².